The van der Waals surface area contributed by atoms with Crippen LogP contribution in [0.25, 0.3) is 11.4 Å². The van der Waals surface area contributed by atoms with E-state index in [0.717, 1.165) is 24.0 Å². The zero-order valence-electron chi connectivity index (χ0n) is 13.4. The highest BCUT2D eigenvalue weighted by Gasteiger charge is 2.32. The minimum atomic E-state index is -0.223. The van der Waals surface area contributed by atoms with Crippen molar-refractivity contribution in [2.24, 2.45) is 5.92 Å². The molecule has 1 aliphatic heterocycles. The second-order valence-electron chi connectivity index (χ2n) is 6.45. The molecule has 1 amide bonds. The Balaban J connectivity index is 1.60. The van der Waals surface area contributed by atoms with Crippen LogP contribution in [0.1, 0.15) is 32.3 Å². The first kappa shape index (κ1) is 15.6. The van der Waals surface area contributed by atoms with Gasteiger partial charge in [0.05, 0.1) is 5.60 Å². The van der Waals surface area contributed by atoms with E-state index in [9.17, 15) is 4.79 Å². The average Bonchev–Trinajstić information content (AvgIpc) is 3.06. The van der Waals surface area contributed by atoms with Crippen molar-refractivity contribution >= 4 is 5.91 Å². The Morgan fingerprint density at radius 1 is 1.48 bits per heavy atom. The van der Waals surface area contributed by atoms with Crippen molar-refractivity contribution in [1.29, 1.82) is 0 Å². The van der Waals surface area contributed by atoms with Crippen molar-refractivity contribution in [2.45, 2.75) is 38.8 Å². The lowest BCUT2D eigenvalue weighted by Crippen LogP contribution is -2.41. The summed E-state index contributed by atoms with van der Waals surface area (Å²) in [7, 11) is 0. The van der Waals surface area contributed by atoms with Gasteiger partial charge in [-0.25, -0.2) is 0 Å². The van der Waals surface area contributed by atoms with Crippen LogP contribution in [0.15, 0.2) is 24.3 Å². The van der Waals surface area contributed by atoms with E-state index in [-0.39, 0.29) is 17.4 Å². The minimum absolute atomic E-state index is 0.0131. The number of amides is 1. The summed E-state index contributed by atoms with van der Waals surface area (Å²) in [6.45, 7) is 5.18. The number of carbonyl (C=O) groups excluding carboxylic acids is 1. The molecule has 0 radical (unpaired) electrons. The third kappa shape index (κ3) is 3.92. The van der Waals surface area contributed by atoms with E-state index in [2.05, 4.69) is 25.9 Å². The molecular weight excluding hydrogens is 294 g/mol. The van der Waals surface area contributed by atoms with Gasteiger partial charge in [0.2, 0.25) is 11.7 Å². The van der Waals surface area contributed by atoms with Crippen molar-refractivity contribution < 1.29 is 9.53 Å². The van der Waals surface area contributed by atoms with E-state index in [1.807, 2.05) is 38.1 Å². The highest BCUT2D eigenvalue weighted by Crippen LogP contribution is 2.28. The van der Waals surface area contributed by atoms with Gasteiger partial charge in [-0.05, 0) is 43.5 Å². The number of carbonyl (C=O) groups is 1. The number of ether oxygens (including phenoxy) is 1. The summed E-state index contributed by atoms with van der Waals surface area (Å²) in [5.41, 5.74) is 1.66. The fourth-order valence-corrected chi connectivity index (χ4v) is 2.89. The van der Waals surface area contributed by atoms with Crippen molar-refractivity contribution in [3.8, 4) is 11.4 Å². The van der Waals surface area contributed by atoms with E-state index in [4.69, 9.17) is 4.74 Å². The predicted molar refractivity (Wildman–Crippen MR) is 84.2 cm³/mol. The zero-order valence-corrected chi connectivity index (χ0v) is 13.4. The predicted octanol–water partition coefficient (Wildman–Crippen LogP) is 1.69. The van der Waals surface area contributed by atoms with Crippen LogP contribution in [0.5, 0.6) is 0 Å². The summed E-state index contributed by atoms with van der Waals surface area (Å²) in [4.78, 5) is 12.4. The number of tetrazole rings is 1. The molecule has 1 aromatic heterocycles. The van der Waals surface area contributed by atoms with Gasteiger partial charge in [0.15, 0.2) is 0 Å². The maximum Gasteiger partial charge on any atom is 0.223 e. The van der Waals surface area contributed by atoms with Crippen LogP contribution in [-0.4, -0.2) is 38.7 Å². The SMILES string of the molecule is CC1(C)C[C@@H](C(=O)NCc2cccc(-c3nn[nH]n3)c2)CCO1. The van der Waals surface area contributed by atoms with Crippen molar-refractivity contribution in [1.82, 2.24) is 25.9 Å². The Morgan fingerprint density at radius 3 is 3.09 bits per heavy atom. The van der Waals surface area contributed by atoms with Gasteiger partial charge in [0.25, 0.3) is 0 Å². The fraction of sp³-hybridized carbons (Fsp3) is 0.500. The third-order valence-corrected chi connectivity index (χ3v) is 4.07. The number of nitrogens with zero attached hydrogens (tertiary/aromatic N) is 3. The summed E-state index contributed by atoms with van der Waals surface area (Å²) >= 11 is 0. The average molecular weight is 315 g/mol. The standard InChI is InChI=1S/C16H21N5O2/c1-16(2)9-13(6-7-23-16)15(22)17-10-11-4-3-5-12(8-11)14-18-20-21-19-14/h3-5,8,13H,6-7,9-10H2,1-2H3,(H,17,22)(H,18,19,20,21)/t13-/m0/s1. The first-order chi connectivity index (χ1) is 11.0. The van der Waals surface area contributed by atoms with E-state index >= 15 is 0 Å². The topological polar surface area (TPSA) is 92.8 Å². The summed E-state index contributed by atoms with van der Waals surface area (Å²) < 4.78 is 5.66. The van der Waals surface area contributed by atoms with Gasteiger partial charge in [-0.3, -0.25) is 4.79 Å². The summed E-state index contributed by atoms with van der Waals surface area (Å²) in [6, 6.07) is 7.76. The molecule has 1 aromatic carbocycles. The van der Waals surface area contributed by atoms with Gasteiger partial charge in [-0.2, -0.15) is 5.21 Å². The molecule has 1 atom stereocenters. The molecule has 0 aliphatic carbocycles. The van der Waals surface area contributed by atoms with Crippen molar-refractivity contribution in [2.75, 3.05) is 6.61 Å². The van der Waals surface area contributed by atoms with E-state index in [1.54, 1.807) is 0 Å². The first-order valence-electron chi connectivity index (χ1n) is 7.78. The minimum Gasteiger partial charge on any atom is -0.376 e. The Labute approximate surface area is 134 Å². The highest BCUT2D eigenvalue weighted by molar-refractivity contribution is 5.78. The van der Waals surface area contributed by atoms with Crippen LogP contribution in [0.2, 0.25) is 0 Å². The largest absolute Gasteiger partial charge is 0.376 e. The molecule has 7 nitrogen and oxygen atoms in total. The number of hydrogen-bond acceptors (Lipinski definition) is 5. The van der Waals surface area contributed by atoms with E-state index in [0.29, 0.717) is 19.0 Å². The number of aromatic amines is 1. The second-order valence-corrected chi connectivity index (χ2v) is 6.45. The van der Waals surface area contributed by atoms with Gasteiger partial charge < -0.3 is 10.1 Å². The Bertz CT molecular complexity index is 669. The molecular formula is C16H21N5O2. The lowest BCUT2D eigenvalue weighted by Gasteiger charge is -2.34. The van der Waals surface area contributed by atoms with Crippen LogP contribution in [0, 0.1) is 5.92 Å². The summed E-state index contributed by atoms with van der Waals surface area (Å²) in [5, 5.41) is 16.9. The van der Waals surface area contributed by atoms with Gasteiger partial charge in [0.1, 0.15) is 0 Å². The van der Waals surface area contributed by atoms with Crippen LogP contribution in [-0.2, 0) is 16.1 Å². The van der Waals surface area contributed by atoms with Gasteiger partial charge in [-0.1, -0.05) is 18.2 Å². The molecule has 122 valence electrons. The summed E-state index contributed by atoms with van der Waals surface area (Å²) in [6.07, 6.45) is 1.53. The quantitative estimate of drug-likeness (QED) is 0.895. The molecule has 0 unspecified atom stereocenters. The second kappa shape index (κ2) is 6.45. The number of benzene rings is 1. The number of aromatic nitrogens is 4. The zero-order chi connectivity index (χ0) is 16.3. The normalized spacial score (nSPS) is 20.2. The van der Waals surface area contributed by atoms with Gasteiger partial charge >= 0.3 is 0 Å². The van der Waals surface area contributed by atoms with E-state index in [1.165, 1.54) is 0 Å². The lowest BCUT2D eigenvalue weighted by molar-refractivity contribution is -0.135. The molecule has 2 N–H and O–H groups in total. The van der Waals surface area contributed by atoms with Crippen LogP contribution >= 0.6 is 0 Å². The molecule has 2 heterocycles. The smallest absolute Gasteiger partial charge is 0.223 e. The number of hydrogen-bond donors (Lipinski definition) is 2. The van der Waals surface area contributed by atoms with E-state index < -0.39 is 0 Å². The maximum atomic E-state index is 12.4. The molecule has 0 bridgehead atoms. The van der Waals surface area contributed by atoms with Gasteiger partial charge in [-0.15, -0.1) is 10.2 Å². The number of nitrogens with one attached hydrogen (secondary N) is 2. The molecule has 7 heteroatoms. The van der Waals surface area contributed by atoms with Gasteiger partial charge in [0, 0.05) is 24.6 Å². The van der Waals surface area contributed by atoms with Crippen molar-refractivity contribution in [3.63, 3.8) is 0 Å². The van der Waals surface area contributed by atoms with Crippen LogP contribution in [0.3, 0.4) is 0 Å². The fourth-order valence-electron chi connectivity index (χ4n) is 2.89. The monoisotopic (exact) mass is 315 g/mol. The molecule has 1 fully saturated rings. The van der Waals surface area contributed by atoms with Crippen LogP contribution < -0.4 is 5.32 Å². The highest BCUT2D eigenvalue weighted by atomic mass is 16.5. The van der Waals surface area contributed by atoms with Crippen LogP contribution in [0.4, 0.5) is 0 Å². The first-order valence-corrected chi connectivity index (χ1v) is 7.78. The number of H-pyrrole nitrogens is 1. The Kier molecular flexibility index (Phi) is 4.38. The molecule has 1 saturated heterocycles. The number of rotatable bonds is 4. The molecule has 1 aliphatic rings. The molecule has 0 saturated carbocycles. The summed E-state index contributed by atoms with van der Waals surface area (Å²) in [5.74, 6) is 0.648. The molecule has 3 rings (SSSR count). The Hall–Kier alpha value is -2.28. The maximum absolute atomic E-state index is 12.4. The molecule has 23 heavy (non-hydrogen) atoms. The molecule has 0 spiro atoms. The molecule has 2 aromatic rings. The Morgan fingerprint density at radius 2 is 2.35 bits per heavy atom. The third-order valence-electron chi connectivity index (χ3n) is 4.07. The van der Waals surface area contributed by atoms with Crippen molar-refractivity contribution in [3.05, 3.63) is 29.8 Å². The lowest BCUT2D eigenvalue weighted by atomic mass is 9.88.